The lowest BCUT2D eigenvalue weighted by Gasteiger charge is -2.09. The third-order valence-electron chi connectivity index (χ3n) is 3.55. The normalized spacial score (nSPS) is 13.7. The fourth-order valence-corrected chi connectivity index (χ4v) is 2.19. The largest absolute Gasteiger partial charge is 0.464 e. The number of esters is 1. The van der Waals surface area contributed by atoms with Crippen molar-refractivity contribution in [3.8, 4) is 0 Å². The van der Waals surface area contributed by atoms with Crippen LogP contribution >= 0.6 is 0 Å². The maximum absolute atomic E-state index is 11.8. The van der Waals surface area contributed by atoms with E-state index in [1.54, 1.807) is 25.4 Å². The number of hydrogen-bond donors (Lipinski definition) is 2. The summed E-state index contributed by atoms with van der Waals surface area (Å²) in [4.78, 5) is 31.9. The molecule has 0 radical (unpaired) electrons. The van der Waals surface area contributed by atoms with E-state index in [1.165, 1.54) is 7.11 Å². The maximum Gasteiger partial charge on any atom is 0.356 e. The Labute approximate surface area is 127 Å². The van der Waals surface area contributed by atoms with Crippen molar-refractivity contribution in [1.82, 2.24) is 9.97 Å². The lowest BCUT2D eigenvalue weighted by molar-refractivity contribution is -0.117. The Hall–Kier alpha value is -2.70. The lowest BCUT2D eigenvalue weighted by Crippen LogP contribution is -2.14. The predicted molar refractivity (Wildman–Crippen MR) is 81.8 cm³/mol. The van der Waals surface area contributed by atoms with Gasteiger partial charge in [0.25, 0.3) is 0 Å². The van der Waals surface area contributed by atoms with Crippen LogP contribution in [0.25, 0.3) is 10.8 Å². The highest BCUT2D eigenvalue weighted by Crippen LogP contribution is 2.30. The second-order valence-corrected chi connectivity index (χ2v) is 5.15. The van der Waals surface area contributed by atoms with Gasteiger partial charge >= 0.3 is 5.97 Å². The number of fused-ring (bicyclic) bond motifs is 1. The van der Waals surface area contributed by atoms with Crippen LogP contribution in [0.3, 0.4) is 0 Å². The number of hydrogen-bond acceptors (Lipinski definition) is 6. The molecule has 1 aliphatic rings. The third-order valence-corrected chi connectivity index (χ3v) is 3.55. The van der Waals surface area contributed by atoms with Crippen molar-refractivity contribution in [1.29, 1.82) is 0 Å². The van der Waals surface area contributed by atoms with Gasteiger partial charge in [0, 0.05) is 24.5 Å². The van der Waals surface area contributed by atoms with Crippen molar-refractivity contribution in [3.63, 3.8) is 0 Å². The molecule has 0 atom stereocenters. The van der Waals surface area contributed by atoms with Crippen LogP contribution in [0.15, 0.2) is 18.3 Å². The summed E-state index contributed by atoms with van der Waals surface area (Å²) in [6.07, 6.45) is 3.48. The number of carbonyl (C=O) groups excluding carboxylic acids is 2. The van der Waals surface area contributed by atoms with E-state index in [1.807, 2.05) is 0 Å². The molecule has 0 bridgehead atoms. The number of anilines is 2. The number of nitrogens with zero attached hydrogens (tertiary/aromatic N) is 2. The summed E-state index contributed by atoms with van der Waals surface area (Å²) in [7, 11) is 3.02. The molecule has 2 aromatic heterocycles. The van der Waals surface area contributed by atoms with Crippen molar-refractivity contribution in [2.24, 2.45) is 5.92 Å². The number of amides is 1. The highest BCUT2D eigenvalue weighted by atomic mass is 16.5. The number of aromatic nitrogens is 2. The monoisotopic (exact) mass is 300 g/mol. The minimum Gasteiger partial charge on any atom is -0.464 e. The van der Waals surface area contributed by atoms with Crippen LogP contribution in [0, 0.1) is 5.92 Å². The van der Waals surface area contributed by atoms with Crippen molar-refractivity contribution in [2.75, 3.05) is 24.8 Å². The van der Waals surface area contributed by atoms with Gasteiger partial charge in [0.1, 0.15) is 11.6 Å². The van der Waals surface area contributed by atoms with Crippen LogP contribution in [-0.4, -0.2) is 36.0 Å². The number of pyridine rings is 2. The zero-order chi connectivity index (χ0) is 15.7. The molecule has 0 unspecified atom stereocenters. The Morgan fingerprint density at radius 2 is 2.09 bits per heavy atom. The van der Waals surface area contributed by atoms with E-state index < -0.39 is 5.97 Å². The molecule has 2 heterocycles. The van der Waals surface area contributed by atoms with Crippen molar-refractivity contribution < 1.29 is 14.3 Å². The SMILES string of the molecule is CNc1nc(C(=O)OC)cc2cc(NC(=O)C3CC3)ncc12. The molecule has 1 fully saturated rings. The maximum atomic E-state index is 11.8. The fraction of sp³-hybridized carbons (Fsp3) is 0.333. The van der Waals surface area contributed by atoms with Gasteiger partial charge in [-0.1, -0.05) is 0 Å². The zero-order valence-corrected chi connectivity index (χ0v) is 12.3. The van der Waals surface area contributed by atoms with E-state index in [0.717, 1.165) is 23.6 Å². The van der Waals surface area contributed by atoms with Crippen LogP contribution in [0.2, 0.25) is 0 Å². The quantitative estimate of drug-likeness (QED) is 0.836. The average Bonchev–Trinajstić information content (AvgIpc) is 3.37. The zero-order valence-electron chi connectivity index (χ0n) is 12.3. The van der Waals surface area contributed by atoms with Crippen LogP contribution in [0.1, 0.15) is 23.3 Å². The number of rotatable bonds is 4. The second kappa shape index (κ2) is 5.59. The number of methoxy groups -OCH3 is 1. The van der Waals surface area contributed by atoms with Crippen LogP contribution in [0.5, 0.6) is 0 Å². The number of nitrogens with one attached hydrogen (secondary N) is 2. The molecule has 1 aliphatic carbocycles. The molecule has 0 saturated heterocycles. The first-order valence-corrected chi connectivity index (χ1v) is 7.00. The Morgan fingerprint density at radius 3 is 2.73 bits per heavy atom. The standard InChI is InChI=1S/C15H16N4O3/c1-16-13-10-7-17-12(19-14(20)8-3-4-8)6-9(10)5-11(18-13)15(21)22-2/h5-8H,3-4H2,1-2H3,(H,16,18)(H,17,19,20). The van der Waals surface area contributed by atoms with Crippen LogP contribution in [-0.2, 0) is 9.53 Å². The number of ether oxygens (including phenoxy) is 1. The van der Waals surface area contributed by atoms with E-state index in [-0.39, 0.29) is 17.5 Å². The molecule has 0 spiro atoms. The first-order chi connectivity index (χ1) is 10.6. The van der Waals surface area contributed by atoms with E-state index in [9.17, 15) is 9.59 Å². The van der Waals surface area contributed by atoms with Crippen LogP contribution in [0.4, 0.5) is 11.6 Å². The van der Waals surface area contributed by atoms with Gasteiger partial charge in [0.2, 0.25) is 5.91 Å². The van der Waals surface area contributed by atoms with Gasteiger partial charge in [-0.2, -0.15) is 0 Å². The summed E-state index contributed by atoms with van der Waals surface area (Å²) in [5, 5.41) is 7.23. The van der Waals surface area contributed by atoms with Crippen molar-refractivity contribution in [2.45, 2.75) is 12.8 Å². The van der Waals surface area contributed by atoms with Gasteiger partial charge in [-0.15, -0.1) is 0 Å². The Morgan fingerprint density at radius 1 is 1.32 bits per heavy atom. The topological polar surface area (TPSA) is 93.2 Å². The predicted octanol–water partition coefficient (Wildman–Crippen LogP) is 1.81. The van der Waals surface area contributed by atoms with Gasteiger partial charge < -0.3 is 15.4 Å². The highest BCUT2D eigenvalue weighted by molar-refractivity contribution is 6.00. The van der Waals surface area contributed by atoms with E-state index in [4.69, 9.17) is 4.74 Å². The van der Waals surface area contributed by atoms with Gasteiger partial charge in [-0.3, -0.25) is 4.79 Å². The summed E-state index contributed by atoms with van der Waals surface area (Å²) in [5.74, 6) is 0.578. The van der Waals surface area contributed by atoms with Gasteiger partial charge in [0.05, 0.1) is 7.11 Å². The fourth-order valence-electron chi connectivity index (χ4n) is 2.19. The summed E-state index contributed by atoms with van der Waals surface area (Å²) in [6, 6.07) is 3.35. The summed E-state index contributed by atoms with van der Waals surface area (Å²) < 4.78 is 4.70. The minimum atomic E-state index is -0.515. The molecule has 7 nitrogen and oxygen atoms in total. The Bertz CT molecular complexity index is 756. The Balaban J connectivity index is 2.01. The summed E-state index contributed by atoms with van der Waals surface area (Å²) in [6.45, 7) is 0. The molecule has 2 N–H and O–H groups in total. The Kier molecular flexibility index (Phi) is 3.62. The lowest BCUT2D eigenvalue weighted by atomic mass is 10.1. The molecule has 0 aromatic carbocycles. The van der Waals surface area contributed by atoms with E-state index >= 15 is 0 Å². The van der Waals surface area contributed by atoms with Crippen LogP contribution < -0.4 is 10.6 Å². The molecule has 3 rings (SSSR count). The molecular formula is C15H16N4O3. The molecule has 114 valence electrons. The smallest absolute Gasteiger partial charge is 0.356 e. The summed E-state index contributed by atoms with van der Waals surface area (Å²) >= 11 is 0. The van der Waals surface area contributed by atoms with Gasteiger partial charge in [-0.05, 0) is 30.4 Å². The molecule has 1 amide bonds. The average molecular weight is 300 g/mol. The van der Waals surface area contributed by atoms with E-state index in [0.29, 0.717) is 11.6 Å². The van der Waals surface area contributed by atoms with Gasteiger partial charge in [0.15, 0.2) is 5.69 Å². The first kappa shape index (κ1) is 14.2. The van der Waals surface area contributed by atoms with Crippen molar-refractivity contribution in [3.05, 3.63) is 24.0 Å². The molecular weight excluding hydrogens is 284 g/mol. The second-order valence-electron chi connectivity index (χ2n) is 5.15. The molecule has 0 aliphatic heterocycles. The molecule has 22 heavy (non-hydrogen) atoms. The molecule has 2 aromatic rings. The highest BCUT2D eigenvalue weighted by Gasteiger charge is 2.29. The summed E-state index contributed by atoms with van der Waals surface area (Å²) in [5.41, 5.74) is 0.199. The van der Waals surface area contributed by atoms with Crippen molar-refractivity contribution >= 4 is 34.3 Å². The van der Waals surface area contributed by atoms with Gasteiger partial charge in [-0.25, -0.2) is 14.8 Å². The minimum absolute atomic E-state index is 0.0112. The first-order valence-electron chi connectivity index (χ1n) is 7.00. The third kappa shape index (κ3) is 2.69. The molecule has 1 saturated carbocycles. The molecule has 7 heteroatoms. The number of carbonyl (C=O) groups is 2. The van der Waals surface area contributed by atoms with E-state index in [2.05, 4.69) is 20.6 Å².